The Balaban J connectivity index is 1.63. The van der Waals surface area contributed by atoms with Crippen LogP contribution >= 0.6 is 0 Å². The summed E-state index contributed by atoms with van der Waals surface area (Å²) in [6, 6.07) is 14.7. The first-order valence-electron chi connectivity index (χ1n) is 11.7. The third-order valence-corrected chi connectivity index (χ3v) is 8.75. The maximum Gasteiger partial charge on any atom is 0.508 e. The van der Waals surface area contributed by atoms with Gasteiger partial charge in [0.1, 0.15) is 12.7 Å². The minimum absolute atomic E-state index is 0.0263. The van der Waals surface area contributed by atoms with Crippen molar-refractivity contribution in [3.05, 3.63) is 70.6 Å². The van der Waals surface area contributed by atoms with Gasteiger partial charge in [-0.25, -0.2) is 13.2 Å². The lowest BCUT2D eigenvalue weighted by molar-refractivity contribution is -0.0289. The number of hydrogen-bond donors (Lipinski definition) is 0. The number of hydrogen-bond acceptors (Lipinski definition) is 6. The molecule has 6 nitrogen and oxygen atoms in total. The van der Waals surface area contributed by atoms with Crippen molar-refractivity contribution in [2.24, 2.45) is 17.8 Å². The Kier molecular flexibility index (Phi) is 6.94. The molecule has 0 amide bonds. The zero-order chi connectivity index (χ0) is 24.5. The van der Waals surface area contributed by atoms with E-state index >= 15 is 0 Å². The van der Waals surface area contributed by atoms with E-state index in [0.717, 1.165) is 19.3 Å². The van der Waals surface area contributed by atoms with E-state index in [1.807, 2.05) is 0 Å². The fourth-order valence-electron chi connectivity index (χ4n) is 5.00. The average molecular weight is 483 g/mol. The number of carbonyl (C=O) groups excluding carboxylic acids is 2. The fourth-order valence-corrected chi connectivity index (χ4v) is 6.66. The maximum atomic E-state index is 13.5. The highest BCUT2D eigenvalue weighted by atomic mass is 32.2. The molecular weight excluding hydrogens is 452 g/mol. The van der Waals surface area contributed by atoms with Gasteiger partial charge in [0.2, 0.25) is 9.84 Å². The van der Waals surface area contributed by atoms with E-state index in [2.05, 4.69) is 20.8 Å². The lowest BCUT2D eigenvalue weighted by Gasteiger charge is -2.36. The summed E-state index contributed by atoms with van der Waals surface area (Å²) in [5, 5.41) is 0. The highest BCUT2D eigenvalue weighted by molar-refractivity contribution is 7.95. The third kappa shape index (κ3) is 4.67. The molecule has 4 rings (SSSR count). The van der Waals surface area contributed by atoms with Crippen LogP contribution in [0.4, 0.5) is 4.79 Å². The van der Waals surface area contributed by atoms with Crippen LogP contribution in [0.3, 0.4) is 0 Å². The van der Waals surface area contributed by atoms with Crippen molar-refractivity contribution in [3.63, 3.8) is 0 Å². The highest BCUT2D eigenvalue weighted by Crippen LogP contribution is 2.38. The predicted octanol–water partition coefficient (Wildman–Crippen LogP) is 5.68. The number of Topliss-reactive ketones (excluding diaryl/α,β-unsaturated/α-hetero) is 1. The number of rotatable bonds is 5. The zero-order valence-corrected chi connectivity index (χ0v) is 20.5. The molecule has 2 aromatic carbocycles. The Hall–Kier alpha value is -2.93. The molecule has 1 saturated carbocycles. The summed E-state index contributed by atoms with van der Waals surface area (Å²) in [7, 11) is -4.05. The first-order chi connectivity index (χ1) is 16.2. The van der Waals surface area contributed by atoms with Gasteiger partial charge < -0.3 is 9.47 Å². The zero-order valence-electron chi connectivity index (χ0n) is 19.7. The first-order valence-corrected chi connectivity index (χ1v) is 13.2. The average Bonchev–Trinajstić information content (AvgIpc) is 2.81. The largest absolute Gasteiger partial charge is 0.508 e. The molecule has 2 aromatic rings. The van der Waals surface area contributed by atoms with Crippen molar-refractivity contribution in [2.75, 3.05) is 6.61 Å². The molecule has 1 heterocycles. The van der Waals surface area contributed by atoms with E-state index in [4.69, 9.17) is 9.47 Å². The molecule has 0 N–H and O–H groups in total. The van der Waals surface area contributed by atoms with Crippen LogP contribution in [0.25, 0.3) is 5.57 Å². The van der Waals surface area contributed by atoms with Crippen molar-refractivity contribution in [3.8, 4) is 0 Å². The van der Waals surface area contributed by atoms with Crippen LogP contribution in [0.5, 0.6) is 0 Å². The van der Waals surface area contributed by atoms with Gasteiger partial charge in [-0.15, -0.1) is 0 Å². The van der Waals surface area contributed by atoms with Crippen molar-refractivity contribution in [2.45, 2.75) is 51.0 Å². The summed E-state index contributed by atoms with van der Waals surface area (Å²) in [6.07, 6.45) is 1.63. The molecule has 2 aliphatic rings. The van der Waals surface area contributed by atoms with E-state index in [0.29, 0.717) is 17.4 Å². The maximum absolute atomic E-state index is 13.5. The molecule has 0 unspecified atom stereocenters. The van der Waals surface area contributed by atoms with Crippen LogP contribution in [0.1, 0.15) is 56.0 Å². The Morgan fingerprint density at radius 3 is 2.41 bits per heavy atom. The molecule has 0 radical (unpaired) electrons. The van der Waals surface area contributed by atoms with Crippen LogP contribution < -0.4 is 0 Å². The molecule has 0 bridgehead atoms. The summed E-state index contributed by atoms with van der Waals surface area (Å²) in [6.45, 7) is 5.78. The highest BCUT2D eigenvalue weighted by Gasteiger charge is 2.39. The van der Waals surface area contributed by atoms with Gasteiger partial charge in [-0.1, -0.05) is 69.7 Å². The van der Waals surface area contributed by atoms with Crippen LogP contribution in [-0.4, -0.2) is 33.1 Å². The number of allylic oxidation sites excluding steroid dienone is 1. The molecule has 7 heteroatoms. The van der Waals surface area contributed by atoms with Gasteiger partial charge in [0.25, 0.3) is 0 Å². The lowest BCUT2D eigenvalue weighted by Crippen LogP contribution is -2.36. The van der Waals surface area contributed by atoms with Crippen molar-refractivity contribution < 1.29 is 27.5 Å². The molecule has 1 aliphatic carbocycles. The molecule has 180 valence electrons. The van der Waals surface area contributed by atoms with E-state index < -0.39 is 28.4 Å². The normalized spacial score (nSPS) is 24.0. The second-order valence-electron chi connectivity index (χ2n) is 9.51. The number of sulfone groups is 1. The smallest absolute Gasteiger partial charge is 0.431 e. The van der Waals surface area contributed by atoms with E-state index in [1.165, 1.54) is 12.1 Å². The number of benzene rings is 2. The second kappa shape index (κ2) is 9.74. The van der Waals surface area contributed by atoms with Gasteiger partial charge in [0, 0.05) is 11.1 Å². The molecule has 0 aromatic heterocycles. The summed E-state index contributed by atoms with van der Waals surface area (Å²) < 4.78 is 38.0. The Morgan fingerprint density at radius 1 is 1.03 bits per heavy atom. The summed E-state index contributed by atoms with van der Waals surface area (Å²) in [5.41, 5.74) is 0.598. The van der Waals surface area contributed by atoms with Crippen molar-refractivity contribution >= 4 is 27.3 Å². The van der Waals surface area contributed by atoms with Gasteiger partial charge in [0.05, 0.1) is 9.80 Å². The minimum Gasteiger partial charge on any atom is -0.431 e. The van der Waals surface area contributed by atoms with E-state index in [9.17, 15) is 18.0 Å². The number of ketones is 1. The molecular formula is C27H30O6S. The Morgan fingerprint density at radius 2 is 1.71 bits per heavy atom. The Bertz CT molecular complexity index is 1210. The third-order valence-electron chi connectivity index (χ3n) is 6.84. The number of fused-ring (bicyclic) bond motifs is 1. The first kappa shape index (κ1) is 24.2. The van der Waals surface area contributed by atoms with Gasteiger partial charge in [-0.3, -0.25) is 4.79 Å². The fraction of sp³-hybridized carbons (Fsp3) is 0.407. The minimum atomic E-state index is -4.05. The van der Waals surface area contributed by atoms with E-state index in [-0.39, 0.29) is 33.0 Å². The Labute approximate surface area is 200 Å². The number of carbonyl (C=O) groups is 2. The van der Waals surface area contributed by atoms with Crippen molar-refractivity contribution in [1.29, 1.82) is 0 Å². The van der Waals surface area contributed by atoms with Gasteiger partial charge >= 0.3 is 6.16 Å². The number of ether oxygens (including phenoxy) is 2. The SMILES string of the molecule is CC(C)[C@@H]1CC[C@@H](C)C[C@H]1OC(=O)OCC1=C(c2ccccc2)C(=O)c2ccccc2S1(=O)=O. The predicted molar refractivity (Wildman–Crippen MR) is 129 cm³/mol. The van der Waals surface area contributed by atoms with Crippen LogP contribution in [0, 0.1) is 17.8 Å². The van der Waals surface area contributed by atoms with Crippen LogP contribution in [0.2, 0.25) is 0 Å². The molecule has 0 saturated heterocycles. The van der Waals surface area contributed by atoms with Crippen molar-refractivity contribution in [1.82, 2.24) is 0 Å². The topological polar surface area (TPSA) is 86.7 Å². The molecule has 1 aliphatic heterocycles. The molecule has 34 heavy (non-hydrogen) atoms. The van der Waals surface area contributed by atoms with Gasteiger partial charge in [-0.05, 0) is 48.3 Å². The molecule has 1 fully saturated rings. The molecule has 0 spiro atoms. The van der Waals surface area contributed by atoms with Crippen LogP contribution in [0.15, 0.2) is 64.4 Å². The summed E-state index contributed by atoms with van der Waals surface area (Å²) in [4.78, 5) is 25.7. The monoisotopic (exact) mass is 482 g/mol. The standard InChI is InChI=1S/C27H30O6S/c1-17(2)20-14-13-18(3)15-22(20)33-27(29)32-16-24-25(19-9-5-4-6-10-19)26(28)21-11-7-8-12-23(21)34(24,30)31/h4-12,17-18,20,22H,13-16H2,1-3H3/t18-,20+,22-/m1/s1. The van der Waals surface area contributed by atoms with Gasteiger partial charge in [-0.2, -0.15) is 0 Å². The lowest BCUT2D eigenvalue weighted by atomic mass is 9.75. The quantitative estimate of drug-likeness (QED) is 0.510. The summed E-state index contributed by atoms with van der Waals surface area (Å²) >= 11 is 0. The van der Waals surface area contributed by atoms with Gasteiger partial charge in [0.15, 0.2) is 5.78 Å². The van der Waals surface area contributed by atoms with Crippen LogP contribution in [-0.2, 0) is 19.3 Å². The summed E-state index contributed by atoms with van der Waals surface area (Å²) in [5.74, 6) is 0.609. The molecule has 3 atom stereocenters. The second-order valence-corrected chi connectivity index (χ2v) is 11.5. The van der Waals surface area contributed by atoms with E-state index in [1.54, 1.807) is 42.5 Å².